The predicted molar refractivity (Wildman–Crippen MR) is 250 cm³/mol. The van der Waals surface area contributed by atoms with Crippen molar-refractivity contribution >= 4 is 22.6 Å². The zero-order chi connectivity index (χ0) is 45.7. The van der Waals surface area contributed by atoms with Crippen LogP contribution in [0.25, 0.3) is 11.0 Å². The summed E-state index contributed by atoms with van der Waals surface area (Å²) in [4.78, 5) is 32.6. The van der Waals surface area contributed by atoms with E-state index in [4.69, 9.17) is 9.47 Å². The number of fused-ring (bicyclic) bond motifs is 6. The third kappa shape index (κ3) is 7.17. The highest BCUT2D eigenvalue weighted by Crippen LogP contribution is 2.75. The van der Waals surface area contributed by atoms with Crippen molar-refractivity contribution in [3.05, 3.63) is 70.1 Å². The standard InChI is InChI=1S/C54H77N3O7/c1-31-24-34(33-14-22-63-23-15-33)27-35(25-31)36(13-21-58)37-29-57(39-12-19-56-46(37)39)30-38-45-44(32(2)26-40(59)49-50(3,4)64-49)41(60)28-54(45,8)53(7)17-10-42-51(5,18-20-55-9)43(61)11-16-52(42,6)48(53)47(38)62/h12,19,24-25,27,29,32-33,36,38,40,42,47-49,55-56,58-59,62H,10-11,13-18,20-23,26,28,30H2,1-9H3/t32-,36-,38-,40-,42+,47-,48-,49-,51+,52-,53+,54+/m1/s1. The van der Waals surface area contributed by atoms with Gasteiger partial charge in [0, 0.05) is 79.8 Å². The van der Waals surface area contributed by atoms with Crippen LogP contribution in [0.1, 0.15) is 147 Å². The van der Waals surface area contributed by atoms with Crippen LogP contribution in [0.5, 0.6) is 0 Å². The molecule has 2 aliphatic heterocycles. The summed E-state index contributed by atoms with van der Waals surface area (Å²) in [5, 5.41) is 39.1. The number of rotatable bonds is 14. The van der Waals surface area contributed by atoms with E-state index in [9.17, 15) is 24.9 Å². The molecule has 9 rings (SSSR count). The molecule has 5 N–H and O–H groups in total. The minimum atomic E-state index is -0.779. The van der Waals surface area contributed by atoms with Crippen molar-refractivity contribution < 1.29 is 34.4 Å². The van der Waals surface area contributed by atoms with E-state index in [1.807, 2.05) is 27.1 Å². The van der Waals surface area contributed by atoms with Crippen LogP contribution in [0.2, 0.25) is 0 Å². The Kier molecular flexibility index (Phi) is 11.9. The molecule has 10 heteroatoms. The predicted octanol–water partition coefficient (Wildman–Crippen LogP) is 8.53. The number of aliphatic hydroxyl groups is 3. The quantitative estimate of drug-likeness (QED) is 0.101. The van der Waals surface area contributed by atoms with E-state index in [-0.39, 0.29) is 59.1 Å². The SMILES string of the molecule is CNCC[C@]1(C)C(=O)CC[C@@]2(C)[C@H]3[C@H](O)[C@H](Cn4cc([C@H](CCO)c5cc(C)cc(C6CCOCC6)c5)c5[nH]ccc54)C4=C([C@H](C)C[C@@H](O)[C@H]5OC5(C)C)C(=O)C[C@]4(C)[C@@]3(C)CC[C@H]21. The lowest BCUT2D eigenvalue weighted by Gasteiger charge is -2.70. The van der Waals surface area contributed by atoms with Crippen molar-refractivity contribution in [2.75, 3.05) is 33.4 Å². The molecule has 350 valence electrons. The summed E-state index contributed by atoms with van der Waals surface area (Å²) in [5.41, 5.74) is 6.64. The second-order valence-electron chi connectivity index (χ2n) is 23.0. The average Bonchev–Trinajstić information content (AvgIpc) is 3.54. The summed E-state index contributed by atoms with van der Waals surface area (Å²) in [7, 11) is 1.96. The number of aromatic nitrogens is 2. The third-order valence-corrected chi connectivity index (χ3v) is 18.9. The van der Waals surface area contributed by atoms with Gasteiger partial charge in [-0.15, -0.1) is 0 Å². The molecule has 3 aromatic rings. The van der Waals surface area contributed by atoms with Gasteiger partial charge in [-0.05, 0) is 149 Å². The van der Waals surface area contributed by atoms with Crippen molar-refractivity contribution in [2.45, 2.75) is 162 Å². The van der Waals surface area contributed by atoms with E-state index in [0.717, 1.165) is 86.0 Å². The topological polar surface area (TPSA) is 149 Å². The molecule has 0 bridgehead atoms. The Balaban J connectivity index is 1.17. The summed E-state index contributed by atoms with van der Waals surface area (Å²) < 4.78 is 13.9. The maximum Gasteiger partial charge on any atom is 0.160 e. The second-order valence-corrected chi connectivity index (χ2v) is 23.0. The van der Waals surface area contributed by atoms with E-state index in [1.54, 1.807) is 0 Å². The molecule has 12 atom stereocenters. The van der Waals surface area contributed by atoms with Gasteiger partial charge in [0.15, 0.2) is 5.78 Å². The van der Waals surface area contributed by atoms with Gasteiger partial charge in [-0.1, -0.05) is 58.4 Å². The first-order chi connectivity index (χ1) is 30.3. The molecule has 2 aromatic heterocycles. The Labute approximate surface area is 381 Å². The Hall–Kier alpha value is -3.12. The number of ether oxygens (including phenoxy) is 2. The van der Waals surface area contributed by atoms with Crippen LogP contribution < -0.4 is 5.32 Å². The molecule has 0 amide bonds. The van der Waals surface area contributed by atoms with Crippen molar-refractivity contribution in [1.29, 1.82) is 0 Å². The minimum absolute atomic E-state index is 0.0409. The maximum absolute atomic E-state index is 14.9. The number of epoxide rings is 1. The molecular weight excluding hydrogens is 803 g/mol. The summed E-state index contributed by atoms with van der Waals surface area (Å²) >= 11 is 0. The molecule has 4 aliphatic carbocycles. The van der Waals surface area contributed by atoms with E-state index >= 15 is 0 Å². The summed E-state index contributed by atoms with van der Waals surface area (Å²) in [5.74, 6) is 0.202. The minimum Gasteiger partial charge on any atom is -0.396 e. The largest absolute Gasteiger partial charge is 0.396 e. The van der Waals surface area contributed by atoms with Gasteiger partial charge in [0.25, 0.3) is 0 Å². The lowest BCUT2D eigenvalue weighted by molar-refractivity contribution is -0.222. The molecular formula is C54H77N3O7. The number of hydrogen-bond donors (Lipinski definition) is 5. The summed E-state index contributed by atoms with van der Waals surface area (Å²) in [6.45, 7) is 20.3. The number of H-pyrrole nitrogens is 1. The molecule has 64 heavy (non-hydrogen) atoms. The first-order valence-corrected chi connectivity index (χ1v) is 24.8. The van der Waals surface area contributed by atoms with Crippen molar-refractivity contribution in [3.8, 4) is 0 Å². The van der Waals surface area contributed by atoms with E-state index < -0.39 is 28.5 Å². The van der Waals surface area contributed by atoms with Crippen molar-refractivity contribution in [3.63, 3.8) is 0 Å². The van der Waals surface area contributed by atoms with Crippen LogP contribution in [0, 0.1) is 52.3 Å². The normalized spacial score (nSPS) is 36.5. The summed E-state index contributed by atoms with van der Waals surface area (Å²) in [6.07, 6.45) is 9.57. The number of benzene rings is 1. The molecule has 6 aliphatic rings. The maximum atomic E-state index is 14.9. The number of ketones is 2. The number of carbonyl (C=O) groups is 2. The Morgan fingerprint density at radius 3 is 2.45 bits per heavy atom. The molecule has 1 aromatic carbocycles. The molecule has 10 nitrogen and oxygen atoms in total. The molecule has 4 heterocycles. The van der Waals surface area contributed by atoms with Crippen LogP contribution >= 0.6 is 0 Å². The molecule has 0 radical (unpaired) electrons. The van der Waals surface area contributed by atoms with E-state index in [0.29, 0.717) is 43.9 Å². The van der Waals surface area contributed by atoms with Gasteiger partial charge < -0.3 is 39.7 Å². The third-order valence-electron chi connectivity index (χ3n) is 18.9. The highest BCUT2D eigenvalue weighted by atomic mass is 16.6. The monoisotopic (exact) mass is 880 g/mol. The zero-order valence-corrected chi connectivity index (χ0v) is 40.2. The number of nitrogens with zero attached hydrogens (tertiary/aromatic N) is 1. The summed E-state index contributed by atoms with van der Waals surface area (Å²) in [6, 6.07) is 9.07. The first-order valence-electron chi connectivity index (χ1n) is 24.8. The molecule has 5 fully saturated rings. The van der Waals surface area contributed by atoms with Gasteiger partial charge in [0.1, 0.15) is 11.9 Å². The van der Waals surface area contributed by atoms with Gasteiger partial charge >= 0.3 is 0 Å². The fourth-order valence-corrected chi connectivity index (χ4v) is 15.6. The van der Waals surface area contributed by atoms with Gasteiger partial charge in [0.05, 0.1) is 28.8 Å². The van der Waals surface area contributed by atoms with Crippen LogP contribution in [0.3, 0.4) is 0 Å². The lowest BCUT2D eigenvalue weighted by Crippen LogP contribution is -2.68. The Morgan fingerprint density at radius 1 is 1.03 bits per heavy atom. The van der Waals surface area contributed by atoms with Crippen molar-refractivity contribution in [2.24, 2.45) is 45.3 Å². The fraction of sp³-hybridized carbons (Fsp3) is 0.704. The van der Waals surface area contributed by atoms with Gasteiger partial charge in [0.2, 0.25) is 0 Å². The van der Waals surface area contributed by atoms with Crippen LogP contribution in [-0.2, 0) is 25.6 Å². The molecule has 0 unspecified atom stereocenters. The average molecular weight is 880 g/mol. The molecule has 3 saturated carbocycles. The number of hydrogen-bond acceptors (Lipinski definition) is 8. The second kappa shape index (κ2) is 16.6. The Morgan fingerprint density at radius 2 is 1.77 bits per heavy atom. The number of nitrogens with one attached hydrogen (secondary N) is 2. The van der Waals surface area contributed by atoms with Crippen LogP contribution in [0.15, 0.2) is 47.8 Å². The van der Waals surface area contributed by atoms with Crippen LogP contribution in [-0.4, -0.2) is 93.8 Å². The highest BCUT2D eigenvalue weighted by Gasteiger charge is 2.72. The number of aliphatic hydroxyl groups excluding tert-OH is 3. The van der Waals surface area contributed by atoms with E-state index in [1.165, 1.54) is 16.7 Å². The number of Topliss-reactive ketones (excluding diaryl/α,β-unsaturated/α-hetero) is 2. The Bertz CT molecular complexity index is 2300. The molecule has 0 spiro atoms. The molecule has 2 saturated heterocycles. The fourth-order valence-electron chi connectivity index (χ4n) is 15.6. The van der Waals surface area contributed by atoms with Gasteiger partial charge in [-0.3, -0.25) is 9.59 Å². The first kappa shape index (κ1) is 46.0. The van der Waals surface area contributed by atoms with E-state index in [2.05, 4.69) is 86.9 Å². The van der Waals surface area contributed by atoms with Gasteiger partial charge in [-0.2, -0.15) is 0 Å². The number of aromatic amines is 1. The zero-order valence-electron chi connectivity index (χ0n) is 40.2. The number of aryl methyl sites for hydroxylation is 1. The lowest BCUT2D eigenvalue weighted by atomic mass is 9.34. The van der Waals surface area contributed by atoms with Crippen molar-refractivity contribution in [1.82, 2.24) is 14.9 Å². The highest BCUT2D eigenvalue weighted by molar-refractivity contribution is 6.01. The van der Waals surface area contributed by atoms with Crippen LogP contribution in [0.4, 0.5) is 0 Å². The number of allylic oxidation sites excluding steroid dienone is 1. The smallest absolute Gasteiger partial charge is 0.160 e. The number of carbonyl (C=O) groups excluding carboxylic acids is 2. The van der Waals surface area contributed by atoms with Gasteiger partial charge in [-0.25, -0.2) is 0 Å².